The summed E-state index contributed by atoms with van der Waals surface area (Å²) in [5, 5.41) is 15.7. The van der Waals surface area contributed by atoms with Gasteiger partial charge < -0.3 is 20.5 Å². The molecule has 1 aliphatic heterocycles. The van der Waals surface area contributed by atoms with Gasteiger partial charge in [-0.1, -0.05) is 0 Å². The van der Waals surface area contributed by atoms with Crippen LogP contribution in [0.1, 0.15) is 10.4 Å². The van der Waals surface area contributed by atoms with Crippen LogP contribution < -0.4 is 10.6 Å². The number of ether oxygens (including phenoxy) is 1. The Morgan fingerprint density at radius 2 is 2.33 bits per heavy atom. The summed E-state index contributed by atoms with van der Waals surface area (Å²) < 4.78 is 6.18. The van der Waals surface area contributed by atoms with Crippen LogP contribution >= 0.6 is 22.6 Å². The number of hydrogen-bond acceptors (Lipinski definition) is 4. The topological polar surface area (TPSA) is 70.6 Å². The Balaban J connectivity index is 2.09. The van der Waals surface area contributed by atoms with Crippen LogP contribution in [0.5, 0.6) is 5.75 Å². The average Bonchev–Trinajstić information content (AvgIpc) is 2.79. The molecular formula is C12H15IN2O3. The first kappa shape index (κ1) is 13.6. The van der Waals surface area contributed by atoms with Crippen molar-refractivity contribution in [3.05, 3.63) is 27.3 Å². The Hall–Kier alpha value is -0.860. The smallest absolute Gasteiger partial charge is 0.255 e. The van der Waals surface area contributed by atoms with E-state index in [-0.39, 0.29) is 23.8 Å². The average molecular weight is 362 g/mol. The number of phenols is 1. The standard InChI is InChI=1S/C12H15IN2O3/c1-18-11-6-14-5-9(11)15-12(17)8-4-7(13)2-3-10(8)16/h2-4,9,11,14,16H,5-6H2,1H3,(H,15,17)/t9?,11-/m0/s1. The molecule has 1 aromatic carbocycles. The van der Waals surface area contributed by atoms with Gasteiger partial charge in [-0.25, -0.2) is 0 Å². The Labute approximate surface area is 119 Å². The normalized spacial score (nSPS) is 23.0. The third-order valence-corrected chi connectivity index (χ3v) is 3.65. The first-order chi connectivity index (χ1) is 8.61. The van der Waals surface area contributed by atoms with Gasteiger partial charge in [0.15, 0.2) is 0 Å². The van der Waals surface area contributed by atoms with Gasteiger partial charge in [0.2, 0.25) is 0 Å². The third-order valence-electron chi connectivity index (χ3n) is 2.98. The predicted molar refractivity (Wildman–Crippen MR) is 75.7 cm³/mol. The van der Waals surface area contributed by atoms with Crippen LogP contribution in [-0.4, -0.2) is 43.4 Å². The molecule has 0 bridgehead atoms. The summed E-state index contributed by atoms with van der Waals surface area (Å²) in [6.07, 6.45) is -0.0288. The molecule has 0 radical (unpaired) electrons. The van der Waals surface area contributed by atoms with E-state index < -0.39 is 0 Å². The minimum Gasteiger partial charge on any atom is -0.507 e. The number of nitrogens with one attached hydrogen (secondary N) is 2. The van der Waals surface area contributed by atoms with Crippen LogP contribution in [0.4, 0.5) is 0 Å². The molecule has 18 heavy (non-hydrogen) atoms. The van der Waals surface area contributed by atoms with Gasteiger partial charge in [0.05, 0.1) is 17.7 Å². The lowest BCUT2D eigenvalue weighted by atomic mass is 10.1. The Bertz CT molecular complexity index is 453. The van der Waals surface area contributed by atoms with Crippen LogP contribution in [0.2, 0.25) is 0 Å². The van der Waals surface area contributed by atoms with E-state index in [2.05, 4.69) is 33.2 Å². The predicted octanol–water partition coefficient (Wildman–Crippen LogP) is 0.713. The highest BCUT2D eigenvalue weighted by Crippen LogP contribution is 2.20. The number of phenolic OH excluding ortho intramolecular Hbond substituents is 1. The zero-order valence-electron chi connectivity index (χ0n) is 9.94. The highest BCUT2D eigenvalue weighted by molar-refractivity contribution is 14.1. The highest BCUT2D eigenvalue weighted by atomic mass is 127. The van der Waals surface area contributed by atoms with Crippen molar-refractivity contribution in [2.24, 2.45) is 0 Å². The van der Waals surface area contributed by atoms with Crippen molar-refractivity contribution in [2.75, 3.05) is 20.2 Å². The van der Waals surface area contributed by atoms with Crippen molar-refractivity contribution < 1.29 is 14.6 Å². The van der Waals surface area contributed by atoms with Gasteiger partial charge in [-0.2, -0.15) is 0 Å². The lowest BCUT2D eigenvalue weighted by Crippen LogP contribution is -2.43. The third kappa shape index (κ3) is 2.93. The monoisotopic (exact) mass is 362 g/mol. The summed E-state index contributed by atoms with van der Waals surface area (Å²) >= 11 is 2.10. The van der Waals surface area contributed by atoms with Gasteiger partial charge in [0.1, 0.15) is 5.75 Å². The number of hydrogen-bond donors (Lipinski definition) is 3. The zero-order valence-corrected chi connectivity index (χ0v) is 12.1. The van der Waals surface area contributed by atoms with E-state index in [0.29, 0.717) is 12.1 Å². The molecule has 0 aromatic heterocycles. The Morgan fingerprint density at radius 1 is 1.56 bits per heavy atom. The lowest BCUT2D eigenvalue weighted by Gasteiger charge is -2.18. The van der Waals surface area contributed by atoms with Gasteiger partial charge in [-0.3, -0.25) is 4.79 Å². The zero-order chi connectivity index (χ0) is 13.1. The molecule has 1 amide bonds. The molecule has 1 fully saturated rings. The summed E-state index contributed by atoms with van der Waals surface area (Å²) in [5.41, 5.74) is 0.295. The number of carbonyl (C=O) groups excluding carboxylic acids is 1. The van der Waals surface area contributed by atoms with Gasteiger partial charge in [-0.05, 0) is 40.8 Å². The quantitative estimate of drug-likeness (QED) is 0.693. The summed E-state index contributed by atoms with van der Waals surface area (Å²) in [6.45, 7) is 1.40. The summed E-state index contributed by atoms with van der Waals surface area (Å²) in [4.78, 5) is 12.1. The molecule has 5 nitrogen and oxygen atoms in total. The van der Waals surface area contributed by atoms with Crippen LogP contribution in [0.15, 0.2) is 18.2 Å². The van der Waals surface area contributed by atoms with Crippen LogP contribution in [0.25, 0.3) is 0 Å². The largest absolute Gasteiger partial charge is 0.507 e. The molecular weight excluding hydrogens is 347 g/mol. The number of rotatable bonds is 3. The number of halogens is 1. The van der Waals surface area contributed by atoms with Crippen molar-refractivity contribution in [3.8, 4) is 5.75 Å². The summed E-state index contributed by atoms with van der Waals surface area (Å²) in [5.74, 6) is -0.283. The van der Waals surface area contributed by atoms with Crippen LogP contribution in [0, 0.1) is 3.57 Å². The molecule has 2 atom stereocenters. The van der Waals surface area contributed by atoms with Crippen molar-refractivity contribution in [1.82, 2.24) is 10.6 Å². The molecule has 2 rings (SSSR count). The van der Waals surface area contributed by atoms with Crippen LogP contribution in [-0.2, 0) is 4.74 Å². The number of carbonyl (C=O) groups is 1. The Kier molecular flexibility index (Phi) is 4.41. The minimum atomic E-state index is -0.276. The fourth-order valence-corrected chi connectivity index (χ4v) is 2.47. The highest BCUT2D eigenvalue weighted by Gasteiger charge is 2.29. The minimum absolute atomic E-state index is 0.00663. The number of methoxy groups -OCH3 is 1. The molecule has 0 spiro atoms. The lowest BCUT2D eigenvalue weighted by molar-refractivity contribution is 0.0778. The maximum absolute atomic E-state index is 12.1. The maximum atomic E-state index is 12.1. The second-order valence-corrected chi connectivity index (χ2v) is 5.42. The van der Waals surface area contributed by atoms with E-state index in [4.69, 9.17) is 4.74 Å². The number of amides is 1. The fourth-order valence-electron chi connectivity index (χ4n) is 1.98. The van der Waals surface area contributed by atoms with Crippen molar-refractivity contribution in [1.29, 1.82) is 0 Å². The summed E-state index contributed by atoms with van der Waals surface area (Å²) in [6, 6.07) is 4.87. The SMILES string of the molecule is CO[C@H]1CNCC1NC(=O)c1cc(I)ccc1O. The van der Waals surface area contributed by atoms with E-state index in [1.54, 1.807) is 19.2 Å². The van der Waals surface area contributed by atoms with Crippen LogP contribution in [0.3, 0.4) is 0 Å². The van der Waals surface area contributed by atoms with E-state index in [9.17, 15) is 9.90 Å². The Morgan fingerprint density at radius 3 is 3.06 bits per heavy atom. The molecule has 1 unspecified atom stereocenters. The number of benzene rings is 1. The van der Waals surface area contributed by atoms with Gasteiger partial charge in [-0.15, -0.1) is 0 Å². The maximum Gasteiger partial charge on any atom is 0.255 e. The molecule has 1 aliphatic rings. The van der Waals surface area contributed by atoms with E-state index in [1.807, 2.05) is 0 Å². The van der Waals surface area contributed by atoms with Gasteiger partial charge in [0.25, 0.3) is 5.91 Å². The molecule has 0 aliphatic carbocycles. The first-order valence-corrected chi connectivity index (χ1v) is 6.72. The van der Waals surface area contributed by atoms with E-state index >= 15 is 0 Å². The molecule has 98 valence electrons. The van der Waals surface area contributed by atoms with E-state index in [0.717, 1.165) is 10.1 Å². The molecule has 1 saturated heterocycles. The molecule has 1 heterocycles. The first-order valence-electron chi connectivity index (χ1n) is 5.64. The number of aromatic hydroxyl groups is 1. The van der Waals surface area contributed by atoms with Crippen molar-refractivity contribution in [2.45, 2.75) is 12.1 Å². The summed E-state index contributed by atoms with van der Waals surface area (Å²) in [7, 11) is 1.62. The van der Waals surface area contributed by atoms with Crippen molar-refractivity contribution in [3.63, 3.8) is 0 Å². The van der Waals surface area contributed by atoms with E-state index in [1.165, 1.54) is 6.07 Å². The van der Waals surface area contributed by atoms with Gasteiger partial charge >= 0.3 is 0 Å². The van der Waals surface area contributed by atoms with Crippen molar-refractivity contribution >= 4 is 28.5 Å². The van der Waals surface area contributed by atoms with Gasteiger partial charge in [0, 0.05) is 23.8 Å². The molecule has 3 N–H and O–H groups in total. The second kappa shape index (κ2) is 5.85. The molecule has 1 aromatic rings. The second-order valence-electron chi connectivity index (χ2n) is 4.17. The molecule has 0 saturated carbocycles. The fraction of sp³-hybridized carbons (Fsp3) is 0.417. The molecule has 6 heteroatoms.